The lowest BCUT2D eigenvalue weighted by Crippen LogP contribution is -2.59. The number of benzene rings is 3. The van der Waals surface area contributed by atoms with Crippen molar-refractivity contribution in [2.75, 3.05) is 13.2 Å². The molecular formula is C26H25NO6. The first-order chi connectivity index (χ1) is 16.2. The number of carbonyl (C=O) groups excluding carboxylic acids is 2. The van der Waals surface area contributed by atoms with Crippen LogP contribution in [0.3, 0.4) is 0 Å². The normalized spacial score (nSPS) is 17.5. The maximum absolute atomic E-state index is 12.0. The number of hydrogen-bond donors (Lipinski definition) is 0. The first-order valence-electron chi connectivity index (χ1n) is 10.8. The van der Waals surface area contributed by atoms with Gasteiger partial charge in [-0.05, 0) is 36.2 Å². The second-order valence-electron chi connectivity index (χ2n) is 7.65. The predicted molar refractivity (Wildman–Crippen MR) is 121 cm³/mol. The Morgan fingerprint density at radius 2 is 1.09 bits per heavy atom. The van der Waals surface area contributed by atoms with Crippen LogP contribution in [0.5, 0.6) is 11.5 Å². The quantitative estimate of drug-likeness (QED) is 0.353. The van der Waals surface area contributed by atoms with Crippen molar-refractivity contribution in [1.82, 2.24) is 4.90 Å². The second kappa shape index (κ2) is 11.2. The van der Waals surface area contributed by atoms with Crippen LogP contribution < -0.4 is 9.47 Å². The highest BCUT2D eigenvalue weighted by atomic mass is 16.7. The molecule has 0 N–H and O–H groups in total. The summed E-state index contributed by atoms with van der Waals surface area (Å²) < 4.78 is 21.0. The molecule has 0 saturated carbocycles. The van der Waals surface area contributed by atoms with E-state index >= 15 is 0 Å². The van der Waals surface area contributed by atoms with Crippen molar-refractivity contribution in [3.8, 4) is 11.5 Å². The van der Waals surface area contributed by atoms with Crippen LogP contribution >= 0.6 is 0 Å². The van der Waals surface area contributed by atoms with E-state index in [-0.39, 0.29) is 25.3 Å². The molecule has 1 aliphatic heterocycles. The molecule has 170 valence electrons. The molecule has 3 aromatic carbocycles. The Morgan fingerprint density at radius 3 is 1.55 bits per heavy atom. The van der Waals surface area contributed by atoms with E-state index in [1.54, 1.807) is 48.5 Å². The summed E-state index contributed by atoms with van der Waals surface area (Å²) in [5.74, 6) is 0.862. The van der Waals surface area contributed by atoms with Gasteiger partial charge in [0.15, 0.2) is 0 Å². The van der Waals surface area contributed by atoms with Crippen LogP contribution in [0.2, 0.25) is 0 Å². The van der Waals surface area contributed by atoms with Crippen LogP contribution in [0.4, 0.5) is 9.59 Å². The molecule has 1 fully saturated rings. The van der Waals surface area contributed by atoms with Gasteiger partial charge in [-0.25, -0.2) is 9.59 Å². The Morgan fingerprint density at radius 1 is 0.667 bits per heavy atom. The Hall–Kier alpha value is -3.84. The first-order valence-corrected chi connectivity index (χ1v) is 10.8. The molecule has 33 heavy (non-hydrogen) atoms. The van der Waals surface area contributed by atoms with Crippen LogP contribution in [0.25, 0.3) is 0 Å². The molecule has 7 nitrogen and oxygen atoms in total. The van der Waals surface area contributed by atoms with E-state index in [9.17, 15) is 9.59 Å². The number of likely N-dealkylation sites (tertiary alicyclic amines) is 1. The molecule has 4 rings (SSSR count). The van der Waals surface area contributed by atoms with Crippen molar-refractivity contribution < 1.29 is 28.5 Å². The fourth-order valence-corrected chi connectivity index (χ4v) is 3.68. The monoisotopic (exact) mass is 447 g/mol. The predicted octanol–water partition coefficient (Wildman–Crippen LogP) is 5.06. The molecule has 7 heteroatoms. The summed E-state index contributed by atoms with van der Waals surface area (Å²) in [6.45, 7) is 1.01. The van der Waals surface area contributed by atoms with Gasteiger partial charge >= 0.3 is 12.3 Å². The molecule has 0 aromatic heterocycles. The molecule has 0 radical (unpaired) electrons. The molecule has 0 bridgehead atoms. The molecule has 0 unspecified atom stereocenters. The van der Waals surface area contributed by atoms with Crippen molar-refractivity contribution in [2.24, 2.45) is 0 Å². The molecule has 0 spiro atoms. The van der Waals surface area contributed by atoms with Crippen LogP contribution in [-0.2, 0) is 16.0 Å². The van der Waals surface area contributed by atoms with Gasteiger partial charge in [-0.15, -0.1) is 0 Å². The van der Waals surface area contributed by atoms with Crippen LogP contribution in [0.15, 0.2) is 91.0 Å². The van der Waals surface area contributed by atoms with Crippen LogP contribution in [0, 0.1) is 0 Å². The highest BCUT2D eigenvalue weighted by Crippen LogP contribution is 2.29. The van der Waals surface area contributed by atoms with E-state index in [1.165, 1.54) is 0 Å². The summed E-state index contributed by atoms with van der Waals surface area (Å²) in [5, 5.41) is 0. The number of para-hydroxylation sites is 2. The number of ether oxygens (including phenoxy) is 4. The van der Waals surface area contributed by atoms with Gasteiger partial charge in [0.25, 0.3) is 0 Å². The molecule has 1 aliphatic rings. The van der Waals surface area contributed by atoms with E-state index in [0.717, 1.165) is 5.56 Å². The summed E-state index contributed by atoms with van der Waals surface area (Å²) in [5.41, 5.74) is 1.12. The van der Waals surface area contributed by atoms with Gasteiger partial charge in [-0.3, -0.25) is 4.90 Å². The van der Waals surface area contributed by atoms with Gasteiger partial charge in [0.1, 0.15) is 24.7 Å². The number of nitrogens with zero attached hydrogens (tertiary/aromatic N) is 1. The van der Waals surface area contributed by atoms with E-state index in [2.05, 4.69) is 4.90 Å². The average molecular weight is 447 g/mol. The van der Waals surface area contributed by atoms with Crippen LogP contribution in [0.1, 0.15) is 12.0 Å². The highest BCUT2D eigenvalue weighted by Gasteiger charge is 2.40. The maximum atomic E-state index is 12.0. The second-order valence-corrected chi connectivity index (χ2v) is 7.65. The van der Waals surface area contributed by atoms with Gasteiger partial charge < -0.3 is 18.9 Å². The Balaban J connectivity index is 1.29. The minimum Gasteiger partial charge on any atom is -0.432 e. The third-order valence-electron chi connectivity index (χ3n) is 5.37. The first kappa shape index (κ1) is 22.4. The Bertz CT molecular complexity index is 965. The summed E-state index contributed by atoms with van der Waals surface area (Å²) in [6, 6.07) is 27.5. The third kappa shape index (κ3) is 6.57. The zero-order valence-electron chi connectivity index (χ0n) is 18.0. The summed E-state index contributed by atoms with van der Waals surface area (Å²) in [6.07, 6.45) is -0.775. The molecule has 0 aliphatic carbocycles. The van der Waals surface area contributed by atoms with Crippen molar-refractivity contribution in [3.63, 3.8) is 0 Å². The summed E-state index contributed by atoms with van der Waals surface area (Å²) >= 11 is 0. The standard InChI is InChI=1S/C26H25NO6/c28-25(32-23-12-6-2-7-13-23)30-18-21-16-22(27(21)17-20-10-4-1-5-11-20)19-31-26(29)33-24-14-8-3-9-15-24/h1-15,21-22H,16-19H2/t21-,22-/m0/s1. The minimum atomic E-state index is -0.744. The molecule has 0 amide bonds. The maximum Gasteiger partial charge on any atom is 0.513 e. The lowest BCUT2D eigenvalue weighted by molar-refractivity contribution is -0.0604. The van der Waals surface area contributed by atoms with Gasteiger partial charge in [0.05, 0.1) is 0 Å². The summed E-state index contributed by atoms with van der Waals surface area (Å²) in [4.78, 5) is 26.2. The zero-order chi connectivity index (χ0) is 22.9. The molecule has 2 atom stereocenters. The van der Waals surface area contributed by atoms with Crippen molar-refractivity contribution >= 4 is 12.3 Å². The van der Waals surface area contributed by atoms with Crippen LogP contribution in [-0.4, -0.2) is 42.5 Å². The number of carbonyl (C=O) groups is 2. The van der Waals surface area contributed by atoms with E-state index < -0.39 is 12.3 Å². The molecule has 1 heterocycles. The fourth-order valence-electron chi connectivity index (χ4n) is 3.68. The molecule has 1 saturated heterocycles. The lowest BCUT2D eigenvalue weighted by atomic mass is 9.93. The van der Waals surface area contributed by atoms with Crippen molar-refractivity contribution in [2.45, 2.75) is 25.0 Å². The fraction of sp³-hybridized carbons (Fsp3) is 0.231. The average Bonchev–Trinajstić information content (AvgIpc) is 2.83. The minimum absolute atomic E-state index is 0.00715. The third-order valence-corrected chi connectivity index (χ3v) is 5.37. The number of hydrogen-bond acceptors (Lipinski definition) is 7. The Labute approximate surface area is 192 Å². The summed E-state index contributed by atoms with van der Waals surface area (Å²) in [7, 11) is 0. The van der Waals surface area contributed by atoms with Gasteiger partial charge in [-0.2, -0.15) is 0 Å². The zero-order valence-corrected chi connectivity index (χ0v) is 18.0. The van der Waals surface area contributed by atoms with Gasteiger partial charge in [0, 0.05) is 18.6 Å². The van der Waals surface area contributed by atoms with E-state index in [4.69, 9.17) is 18.9 Å². The highest BCUT2D eigenvalue weighted by molar-refractivity contribution is 5.64. The van der Waals surface area contributed by atoms with Crippen molar-refractivity contribution in [1.29, 1.82) is 0 Å². The van der Waals surface area contributed by atoms with E-state index in [0.29, 0.717) is 24.5 Å². The molecular weight excluding hydrogens is 422 g/mol. The lowest BCUT2D eigenvalue weighted by Gasteiger charge is -2.47. The molecule has 3 aromatic rings. The smallest absolute Gasteiger partial charge is 0.432 e. The van der Waals surface area contributed by atoms with Gasteiger partial charge in [0.2, 0.25) is 0 Å². The number of rotatable bonds is 8. The Kier molecular flexibility index (Phi) is 7.56. The largest absolute Gasteiger partial charge is 0.513 e. The SMILES string of the molecule is O=C(OC[C@@H]1C[C@@H](COC(=O)Oc2ccccc2)N1Cc1ccccc1)Oc1ccccc1. The topological polar surface area (TPSA) is 74.3 Å². The van der Waals surface area contributed by atoms with E-state index in [1.807, 2.05) is 42.5 Å². The van der Waals surface area contributed by atoms with Gasteiger partial charge in [-0.1, -0.05) is 66.7 Å². The van der Waals surface area contributed by atoms with Crippen molar-refractivity contribution in [3.05, 3.63) is 96.6 Å².